The molecule has 0 aliphatic carbocycles. The number of carbonyl (C=O) groups excluding carboxylic acids is 2. The molecule has 0 radical (unpaired) electrons. The predicted molar refractivity (Wildman–Crippen MR) is 125 cm³/mol. The van der Waals surface area contributed by atoms with Gasteiger partial charge < -0.3 is 14.5 Å². The molecule has 1 unspecified atom stereocenters. The highest BCUT2D eigenvalue weighted by atomic mass is 19.3. The number of nitrogens with zero attached hydrogens (tertiary/aromatic N) is 4. The Morgan fingerprint density at radius 2 is 1.66 bits per heavy atom. The Balaban J connectivity index is 1.15. The summed E-state index contributed by atoms with van der Waals surface area (Å²) in [5, 5.41) is 10.7. The molecule has 2 amide bonds. The van der Waals surface area contributed by atoms with Crippen LogP contribution in [0.4, 0.5) is 8.78 Å². The zero-order chi connectivity index (χ0) is 24.4. The van der Waals surface area contributed by atoms with Gasteiger partial charge in [-0.1, -0.05) is 12.1 Å². The number of H-pyrrole nitrogens is 1. The summed E-state index contributed by atoms with van der Waals surface area (Å²) in [6.45, 7) is -0.220. The van der Waals surface area contributed by atoms with Gasteiger partial charge >= 0.3 is 6.61 Å². The van der Waals surface area contributed by atoms with Gasteiger partial charge in [0, 0.05) is 37.8 Å². The first kappa shape index (κ1) is 22.9. The summed E-state index contributed by atoms with van der Waals surface area (Å²) in [5.41, 5.74) is 2.73. The topological polar surface area (TPSA) is 91.4 Å². The maximum absolute atomic E-state index is 13.1. The molecule has 2 aromatic carbocycles. The van der Waals surface area contributed by atoms with Crippen molar-refractivity contribution in [2.24, 2.45) is 11.8 Å². The number of hydrogen-bond acceptors (Lipinski definition) is 5. The zero-order valence-electron chi connectivity index (χ0n) is 18.9. The molecular weight excluding hydrogens is 456 g/mol. The molecule has 0 saturated carbocycles. The van der Waals surface area contributed by atoms with E-state index in [0.29, 0.717) is 49.1 Å². The first-order valence-corrected chi connectivity index (χ1v) is 11.6. The number of ether oxygens (including phenoxy) is 1. The molecule has 8 nitrogen and oxygen atoms in total. The number of halogens is 2. The summed E-state index contributed by atoms with van der Waals surface area (Å²) < 4.78 is 28.9. The second kappa shape index (κ2) is 9.81. The van der Waals surface area contributed by atoms with E-state index in [4.69, 9.17) is 0 Å². The molecule has 0 bridgehead atoms. The van der Waals surface area contributed by atoms with Crippen molar-refractivity contribution in [1.82, 2.24) is 25.2 Å². The van der Waals surface area contributed by atoms with Crippen molar-refractivity contribution >= 4 is 28.9 Å². The molecule has 0 spiro atoms. The van der Waals surface area contributed by atoms with Crippen molar-refractivity contribution in [1.29, 1.82) is 0 Å². The minimum Gasteiger partial charge on any atom is -0.435 e. The Hall–Kier alpha value is -3.82. The number of aromatic amines is 1. The van der Waals surface area contributed by atoms with E-state index in [1.165, 1.54) is 18.2 Å². The van der Waals surface area contributed by atoms with Gasteiger partial charge in [0.15, 0.2) is 0 Å². The summed E-state index contributed by atoms with van der Waals surface area (Å²) in [4.78, 5) is 29.5. The van der Waals surface area contributed by atoms with Gasteiger partial charge in [-0.2, -0.15) is 24.2 Å². The van der Waals surface area contributed by atoms with Gasteiger partial charge in [0.2, 0.25) is 5.91 Å². The summed E-state index contributed by atoms with van der Waals surface area (Å²) in [6.07, 6.45) is 4.87. The van der Waals surface area contributed by atoms with Crippen LogP contribution < -0.4 is 4.74 Å². The second-order valence-electron chi connectivity index (χ2n) is 8.94. The molecular formula is C25H25F2N5O3. The standard InChI is InChI=1S/C25H25F2N5O3/c26-25(27)35-20-5-1-16(2-6-20)3-8-23(33)31-11-9-18-14-32(15-19(18)10-12-31)24(34)17-4-7-21-22(13-17)29-30-28-21/h1-8,13,18-19,25H,9-12,14-15H2,(H,28,29,30)/b8-3+/t18-,19?/m1/s1. The highest BCUT2D eigenvalue weighted by Gasteiger charge is 2.37. The minimum absolute atomic E-state index is 0.00353. The molecule has 2 aliphatic heterocycles. The number of carbonyl (C=O) groups is 2. The van der Waals surface area contributed by atoms with Crippen molar-refractivity contribution < 1.29 is 23.1 Å². The van der Waals surface area contributed by atoms with Gasteiger partial charge in [-0.3, -0.25) is 9.59 Å². The van der Waals surface area contributed by atoms with E-state index < -0.39 is 6.61 Å². The van der Waals surface area contributed by atoms with Gasteiger partial charge in [0.1, 0.15) is 16.8 Å². The summed E-state index contributed by atoms with van der Waals surface area (Å²) in [7, 11) is 0. The van der Waals surface area contributed by atoms with Crippen LogP contribution in [0.1, 0.15) is 28.8 Å². The average Bonchev–Trinajstić information content (AvgIpc) is 3.44. The third kappa shape index (κ3) is 5.16. The third-order valence-electron chi connectivity index (χ3n) is 6.80. The van der Waals surface area contributed by atoms with E-state index in [-0.39, 0.29) is 17.6 Å². The number of alkyl halides is 2. The Bertz CT molecular complexity index is 1230. The van der Waals surface area contributed by atoms with Crippen molar-refractivity contribution in [3.05, 3.63) is 59.7 Å². The molecule has 5 rings (SSSR count). The van der Waals surface area contributed by atoms with Gasteiger partial charge in [0.05, 0.1) is 0 Å². The van der Waals surface area contributed by atoms with Crippen molar-refractivity contribution in [3.8, 4) is 5.75 Å². The number of amides is 2. The minimum atomic E-state index is -2.87. The molecule has 1 N–H and O–H groups in total. The highest BCUT2D eigenvalue weighted by molar-refractivity contribution is 5.97. The van der Waals surface area contributed by atoms with E-state index in [1.807, 2.05) is 9.80 Å². The zero-order valence-corrected chi connectivity index (χ0v) is 18.9. The molecule has 182 valence electrons. The normalized spacial score (nSPS) is 20.4. The van der Waals surface area contributed by atoms with Gasteiger partial charge in [0.25, 0.3) is 5.91 Å². The summed E-state index contributed by atoms with van der Waals surface area (Å²) in [6, 6.07) is 11.5. The van der Waals surface area contributed by atoms with Crippen LogP contribution in [0.2, 0.25) is 0 Å². The van der Waals surface area contributed by atoms with Crippen LogP contribution in [0.5, 0.6) is 5.75 Å². The van der Waals surface area contributed by atoms with Crippen molar-refractivity contribution in [2.45, 2.75) is 19.5 Å². The second-order valence-corrected chi connectivity index (χ2v) is 8.94. The van der Waals surface area contributed by atoms with Crippen LogP contribution in [-0.2, 0) is 4.79 Å². The molecule has 3 aromatic rings. The number of nitrogens with one attached hydrogen (secondary N) is 1. The van der Waals surface area contributed by atoms with Crippen molar-refractivity contribution in [3.63, 3.8) is 0 Å². The van der Waals surface area contributed by atoms with E-state index in [9.17, 15) is 18.4 Å². The maximum atomic E-state index is 13.1. The fraction of sp³-hybridized carbons (Fsp3) is 0.360. The SMILES string of the molecule is O=C(/C=C/c1ccc(OC(F)F)cc1)N1CCC2CN(C(=O)c3ccc4n[nH]nc4c3)C[C@H]2CC1. The van der Waals surface area contributed by atoms with Gasteiger partial charge in [-0.05, 0) is 66.6 Å². The third-order valence-corrected chi connectivity index (χ3v) is 6.80. The van der Waals surface area contributed by atoms with Crippen LogP contribution in [0.25, 0.3) is 17.1 Å². The lowest BCUT2D eigenvalue weighted by atomic mass is 9.92. The van der Waals surface area contributed by atoms with Crippen molar-refractivity contribution in [2.75, 3.05) is 26.2 Å². The van der Waals surface area contributed by atoms with Gasteiger partial charge in [-0.25, -0.2) is 0 Å². The fourth-order valence-corrected chi connectivity index (χ4v) is 4.92. The molecule has 3 heterocycles. The number of aromatic nitrogens is 3. The number of benzene rings is 2. The Kier molecular flexibility index (Phi) is 6.43. The Morgan fingerprint density at radius 1 is 0.971 bits per heavy atom. The lowest BCUT2D eigenvalue weighted by Crippen LogP contribution is -2.33. The Morgan fingerprint density at radius 3 is 2.34 bits per heavy atom. The fourth-order valence-electron chi connectivity index (χ4n) is 4.92. The molecule has 2 saturated heterocycles. The Labute approximate surface area is 200 Å². The van der Waals surface area contributed by atoms with E-state index in [1.54, 1.807) is 36.4 Å². The lowest BCUT2D eigenvalue weighted by Gasteiger charge is -2.21. The molecule has 2 fully saturated rings. The van der Waals surface area contributed by atoms with E-state index in [0.717, 1.165) is 23.9 Å². The summed E-state index contributed by atoms with van der Waals surface area (Å²) in [5.74, 6) is 0.724. The van der Waals surface area contributed by atoms with E-state index >= 15 is 0 Å². The van der Waals surface area contributed by atoms with E-state index in [2.05, 4.69) is 20.1 Å². The predicted octanol–water partition coefficient (Wildman–Crippen LogP) is 3.58. The quantitative estimate of drug-likeness (QED) is 0.563. The highest BCUT2D eigenvalue weighted by Crippen LogP contribution is 2.33. The van der Waals surface area contributed by atoms with Crippen LogP contribution >= 0.6 is 0 Å². The van der Waals surface area contributed by atoms with Crippen LogP contribution in [-0.4, -0.2) is 69.8 Å². The largest absolute Gasteiger partial charge is 0.435 e. The lowest BCUT2D eigenvalue weighted by molar-refractivity contribution is -0.126. The molecule has 1 aromatic heterocycles. The summed E-state index contributed by atoms with van der Waals surface area (Å²) >= 11 is 0. The number of likely N-dealkylation sites (tertiary alicyclic amines) is 2. The molecule has 10 heteroatoms. The average molecular weight is 482 g/mol. The molecule has 35 heavy (non-hydrogen) atoms. The van der Waals surface area contributed by atoms with Crippen LogP contribution in [0.15, 0.2) is 48.5 Å². The number of fused-ring (bicyclic) bond motifs is 2. The number of hydrogen-bond donors (Lipinski definition) is 1. The van der Waals surface area contributed by atoms with Crippen LogP contribution in [0, 0.1) is 11.8 Å². The van der Waals surface area contributed by atoms with Crippen LogP contribution in [0.3, 0.4) is 0 Å². The molecule has 2 atom stereocenters. The smallest absolute Gasteiger partial charge is 0.387 e. The van der Waals surface area contributed by atoms with Gasteiger partial charge in [-0.15, -0.1) is 0 Å². The first-order valence-electron chi connectivity index (χ1n) is 11.6. The molecule has 2 aliphatic rings. The monoisotopic (exact) mass is 481 g/mol. The first-order chi connectivity index (χ1) is 17.0. The maximum Gasteiger partial charge on any atom is 0.387 e. The number of rotatable bonds is 5.